The number of pyridine rings is 2. The Bertz CT molecular complexity index is 1120. The average molecular weight is 387 g/mol. The zero-order valence-corrected chi connectivity index (χ0v) is 16.6. The molecule has 0 aliphatic heterocycles. The number of fused-ring (bicyclic) bond motifs is 1. The average Bonchev–Trinajstić information content (AvgIpc) is 3.39. The van der Waals surface area contributed by atoms with E-state index in [9.17, 15) is 0 Å². The maximum Gasteiger partial charge on any atom is 0.155 e. The largest absolute Gasteiger partial charge is 0.340 e. The Morgan fingerprint density at radius 2 is 2.00 bits per heavy atom. The predicted octanol–water partition coefficient (Wildman–Crippen LogP) is 3.91. The summed E-state index contributed by atoms with van der Waals surface area (Å²) in [6, 6.07) is 10.6. The Labute approximate surface area is 169 Å². The van der Waals surface area contributed by atoms with Gasteiger partial charge in [0.1, 0.15) is 17.8 Å². The number of H-pyrrole nitrogens is 1. The Balaban J connectivity index is 1.51. The molecule has 4 aromatic rings. The van der Waals surface area contributed by atoms with E-state index in [2.05, 4.69) is 26.4 Å². The second kappa shape index (κ2) is 7.75. The van der Waals surface area contributed by atoms with E-state index in [0.29, 0.717) is 6.04 Å². The van der Waals surface area contributed by atoms with Crippen molar-refractivity contribution in [2.75, 3.05) is 0 Å². The molecule has 0 atom stereocenters. The third-order valence-electron chi connectivity index (χ3n) is 5.61. The molecular weight excluding hydrogens is 362 g/mol. The van der Waals surface area contributed by atoms with Crippen LogP contribution in [-0.2, 0) is 6.54 Å². The SMILES string of the molecule is Cc1cccc(-c2nc(CNC3CCCCC3)[nH]c2-c2ccc3ncnn3c2)n1. The third kappa shape index (κ3) is 3.78. The highest BCUT2D eigenvalue weighted by atomic mass is 15.3. The molecule has 0 amide bonds. The summed E-state index contributed by atoms with van der Waals surface area (Å²) >= 11 is 0. The summed E-state index contributed by atoms with van der Waals surface area (Å²) in [6.45, 7) is 2.73. The summed E-state index contributed by atoms with van der Waals surface area (Å²) in [4.78, 5) is 17.4. The van der Waals surface area contributed by atoms with Gasteiger partial charge in [-0.15, -0.1) is 0 Å². The molecule has 1 aliphatic carbocycles. The molecular formula is C22H25N7. The van der Waals surface area contributed by atoms with Gasteiger partial charge in [-0.05, 0) is 44.0 Å². The van der Waals surface area contributed by atoms with Gasteiger partial charge in [-0.25, -0.2) is 14.5 Å². The second-order valence-electron chi connectivity index (χ2n) is 7.77. The number of aryl methyl sites for hydroxylation is 1. The normalized spacial score (nSPS) is 15.2. The van der Waals surface area contributed by atoms with E-state index in [4.69, 9.17) is 9.97 Å². The minimum absolute atomic E-state index is 0.587. The molecule has 1 saturated carbocycles. The molecule has 0 unspecified atom stereocenters. The van der Waals surface area contributed by atoms with Crippen LogP contribution in [0, 0.1) is 6.92 Å². The number of aromatic amines is 1. The van der Waals surface area contributed by atoms with E-state index in [0.717, 1.165) is 46.4 Å². The molecule has 0 aromatic carbocycles. The van der Waals surface area contributed by atoms with Crippen molar-refractivity contribution in [2.45, 2.75) is 51.6 Å². The molecule has 7 nitrogen and oxygen atoms in total. The van der Waals surface area contributed by atoms with Crippen LogP contribution >= 0.6 is 0 Å². The molecule has 0 radical (unpaired) electrons. The number of nitrogens with one attached hydrogen (secondary N) is 2. The third-order valence-corrected chi connectivity index (χ3v) is 5.61. The molecule has 2 N–H and O–H groups in total. The lowest BCUT2D eigenvalue weighted by Crippen LogP contribution is -2.30. The smallest absolute Gasteiger partial charge is 0.155 e. The van der Waals surface area contributed by atoms with Gasteiger partial charge in [0.25, 0.3) is 0 Å². The van der Waals surface area contributed by atoms with Crippen LogP contribution in [-0.4, -0.2) is 35.6 Å². The lowest BCUT2D eigenvalue weighted by molar-refractivity contribution is 0.370. The molecule has 29 heavy (non-hydrogen) atoms. The van der Waals surface area contributed by atoms with E-state index in [-0.39, 0.29) is 0 Å². The van der Waals surface area contributed by atoms with E-state index in [1.165, 1.54) is 32.1 Å². The number of hydrogen-bond acceptors (Lipinski definition) is 5. The number of imidazole rings is 1. The van der Waals surface area contributed by atoms with E-state index in [1.807, 2.05) is 37.4 Å². The fourth-order valence-corrected chi connectivity index (χ4v) is 4.09. The summed E-state index contributed by atoms with van der Waals surface area (Å²) < 4.78 is 1.78. The van der Waals surface area contributed by atoms with Crippen LogP contribution in [0.4, 0.5) is 0 Å². The van der Waals surface area contributed by atoms with Gasteiger partial charge in [0.15, 0.2) is 5.65 Å². The Morgan fingerprint density at radius 3 is 2.86 bits per heavy atom. The van der Waals surface area contributed by atoms with Crippen molar-refractivity contribution in [3.8, 4) is 22.6 Å². The van der Waals surface area contributed by atoms with Crippen molar-refractivity contribution in [1.29, 1.82) is 0 Å². The first-order valence-corrected chi connectivity index (χ1v) is 10.3. The molecule has 0 saturated heterocycles. The maximum absolute atomic E-state index is 4.92. The molecule has 0 bridgehead atoms. The Morgan fingerprint density at radius 1 is 1.10 bits per heavy atom. The minimum atomic E-state index is 0.587. The van der Waals surface area contributed by atoms with Crippen LogP contribution < -0.4 is 5.32 Å². The minimum Gasteiger partial charge on any atom is -0.340 e. The van der Waals surface area contributed by atoms with Gasteiger partial charge in [-0.3, -0.25) is 4.98 Å². The molecule has 4 aromatic heterocycles. The van der Waals surface area contributed by atoms with Crippen LogP contribution in [0.5, 0.6) is 0 Å². The van der Waals surface area contributed by atoms with Gasteiger partial charge in [-0.1, -0.05) is 25.3 Å². The molecule has 148 valence electrons. The number of nitrogens with zero attached hydrogens (tertiary/aromatic N) is 5. The van der Waals surface area contributed by atoms with Gasteiger partial charge in [0, 0.05) is 23.5 Å². The van der Waals surface area contributed by atoms with Gasteiger partial charge < -0.3 is 10.3 Å². The fourth-order valence-electron chi connectivity index (χ4n) is 4.09. The van der Waals surface area contributed by atoms with E-state index >= 15 is 0 Å². The van der Waals surface area contributed by atoms with Crippen molar-refractivity contribution in [3.05, 3.63) is 54.4 Å². The van der Waals surface area contributed by atoms with Crippen LogP contribution in [0.1, 0.15) is 43.6 Å². The van der Waals surface area contributed by atoms with Crippen LogP contribution in [0.15, 0.2) is 42.9 Å². The lowest BCUT2D eigenvalue weighted by atomic mass is 9.95. The van der Waals surface area contributed by atoms with Gasteiger partial charge in [-0.2, -0.15) is 5.10 Å². The summed E-state index contributed by atoms with van der Waals surface area (Å²) in [5, 5.41) is 7.95. The van der Waals surface area contributed by atoms with Crippen LogP contribution in [0.2, 0.25) is 0 Å². The summed E-state index contributed by atoms with van der Waals surface area (Å²) in [6.07, 6.45) is 10.0. The first kappa shape index (κ1) is 18.0. The maximum atomic E-state index is 4.92. The van der Waals surface area contributed by atoms with Crippen molar-refractivity contribution in [3.63, 3.8) is 0 Å². The zero-order valence-electron chi connectivity index (χ0n) is 16.6. The van der Waals surface area contributed by atoms with Crippen molar-refractivity contribution >= 4 is 5.65 Å². The number of hydrogen-bond donors (Lipinski definition) is 2. The summed E-state index contributed by atoms with van der Waals surface area (Å²) in [7, 11) is 0. The highest BCUT2D eigenvalue weighted by Crippen LogP contribution is 2.29. The van der Waals surface area contributed by atoms with E-state index < -0.39 is 0 Å². The van der Waals surface area contributed by atoms with Gasteiger partial charge in [0.2, 0.25) is 0 Å². The molecule has 1 fully saturated rings. The number of aromatic nitrogens is 6. The lowest BCUT2D eigenvalue weighted by Gasteiger charge is -2.22. The zero-order chi connectivity index (χ0) is 19.6. The standard InChI is InChI=1S/C22H25N7/c1-15-6-5-9-18(26-15)22-21(16-10-11-20-24-14-25-29(20)13-16)27-19(28-22)12-23-17-7-3-2-4-8-17/h5-6,9-11,13-14,17,23H,2-4,7-8,12H2,1H3,(H,27,28). The quantitative estimate of drug-likeness (QED) is 0.542. The Hall–Kier alpha value is -3.06. The molecule has 7 heteroatoms. The van der Waals surface area contributed by atoms with Crippen LogP contribution in [0.25, 0.3) is 28.3 Å². The van der Waals surface area contributed by atoms with Gasteiger partial charge >= 0.3 is 0 Å². The highest BCUT2D eigenvalue weighted by molar-refractivity contribution is 5.77. The molecule has 5 rings (SSSR count). The first-order valence-electron chi connectivity index (χ1n) is 10.3. The van der Waals surface area contributed by atoms with Crippen molar-refractivity contribution in [1.82, 2.24) is 34.9 Å². The second-order valence-corrected chi connectivity index (χ2v) is 7.77. The summed E-state index contributed by atoms with van der Waals surface area (Å²) in [5.41, 5.74) is 5.51. The number of rotatable bonds is 5. The summed E-state index contributed by atoms with van der Waals surface area (Å²) in [5.74, 6) is 0.933. The molecule has 0 spiro atoms. The monoisotopic (exact) mass is 387 g/mol. The molecule has 1 aliphatic rings. The van der Waals surface area contributed by atoms with Crippen LogP contribution in [0.3, 0.4) is 0 Å². The predicted molar refractivity (Wildman–Crippen MR) is 112 cm³/mol. The fraction of sp³-hybridized carbons (Fsp3) is 0.364. The van der Waals surface area contributed by atoms with E-state index in [1.54, 1.807) is 10.8 Å². The Kier molecular flexibility index (Phi) is 4.81. The van der Waals surface area contributed by atoms with Crippen molar-refractivity contribution < 1.29 is 0 Å². The first-order chi connectivity index (χ1) is 14.3. The topological polar surface area (TPSA) is 83.8 Å². The van der Waals surface area contributed by atoms with Crippen molar-refractivity contribution in [2.24, 2.45) is 0 Å². The van der Waals surface area contributed by atoms with Gasteiger partial charge in [0.05, 0.1) is 17.9 Å². The molecule has 4 heterocycles. The highest BCUT2D eigenvalue weighted by Gasteiger charge is 2.18.